The molecule has 0 saturated carbocycles. The highest BCUT2D eigenvalue weighted by molar-refractivity contribution is 7.10. The number of hydrogen-bond acceptors (Lipinski definition) is 5. The molecule has 1 heterocycles. The van der Waals surface area contributed by atoms with Gasteiger partial charge in [0, 0.05) is 11.3 Å². The van der Waals surface area contributed by atoms with Crippen LogP contribution in [0, 0.1) is 0 Å². The molecule has 10 heteroatoms. The molecule has 6 nitrogen and oxygen atoms in total. The molecule has 0 amide bonds. The summed E-state index contributed by atoms with van der Waals surface area (Å²) in [4.78, 5) is 19.3. The number of nitrogens with one attached hydrogen (secondary N) is 1. The number of halogens is 3. The number of rotatable bonds is 6. The van der Waals surface area contributed by atoms with Gasteiger partial charge in [0.2, 0.25) is 0 Å². The number of ether oxygens (including phenoxy) is 1. The van der Waals surface area contributed by atoms with E-state index in [0.717, 1.165) is 30.0 Å². The largest absolute Gasteiger partial charge is 0.485 e. The molecule has 0 spiro atoms. The highest BCUT2D eigenvalue weighted by atomic mass is 32.1. The van der Waals surface area contributed by atoms with Gasteiger partial charge in [-0.3, -0.25) is 0 Å². The summed E-state index contributed by atoms with van der Waals surface area (Å²) < 4.78 is 43.4. The monoisotopic (exact) mass is 405 g/mol. The van der Waals surface area contributed by atoms with Crippen molar-refractivity contribution in [3.63, 3.8) is 0 Å². The van der Waals surface area contributed by atoms with Crippen LogP contribution in [0.25, 0.3) is 0 Å². The summed E-state index contributed by atoms with van der Waals surface area (Å²) in [5, 5.41) is 19.8. The molecule has 0 radical (unpaired) electrons. The Morgan fingerprint density at radius 2 is 1.74 bits per heavy atom. The van der Waals surface area contributed by atoms with Crippen molar-refractivity contribution in [1.82, 2.24) is 5.32 Å². The lowest BCUT2D eigenvalue weighted by Crippen LogP contribution is -2.15. The molecular formula is C17H18F3NO5S. The van der Waals surface area contributed by atoms with Crippen LogP contribution in [0.5, 0.6) is 5.75 Å². The van der Waals surface area contributed by atoms with Crippen LogP contribution in [0.4, 0.5) is 13.2 Å². The Hall–Kier alpha value is -2.59. The van der Waals surface area contributed by atoms with E-state index in [0.29, 0.717) is 5.75 Å². The first kappa shape index (κ1) is 22.5. The molecule has 1 unspecified atom stereocenters. The van der Waals surface area contributed by atoms with E-state index in [9.17, 15) is 13.2 Å². The molecule has 0 aliphatic carbocycles. The average molecular weight is 405 g/mol. The summed E-state index contributed by atoms with van der Waals surface area (Å²) in [6.07, 6.45) is -3.73. The van der Waals surface area contributed by atoms with E-state index in [-0.39, 0.29) is 6.10 Å². The molecule has 148 valence electrons. The highest BCUT2D eigenvalue weighted by Gasteiger charge is 2.30. The second kappa shape index (κ2) is 10.5. The number of thiophene rings is 1. The van der Waals surface area contributed by atoms with E-state index in [1.54, 1.807) is 11.3 Å². The summed E-state index contributed by atoms with van der Waals surface area (Å²) in [7, 11) is 1.85. The zero-order valence-corrected chi connectivity index (χ0v) is 15.0. The minimum Gasteiger partial charge on any atom is -0.485 e. The number of carbonyl (C=O) groups is 2. The van der Waals surface area contributed by atoms with Crippen molar-refractivity contribution < 1.29 is 37.7 Å². The quantitative estimate of drug-likeness (QED) is 0.635. The number of carboxylic acid groups (broad SMARTS) is 2. The number of alkyl halides is 3. The Morgan fingerprint density at radius 1 is 1.15 bits per heavy atom. The van der Waals surface area contributed by atoms with Gasteiger partial charge in [0.05, 0.1) is 5.56 Å². The van der Waals surface area contributed by atoms with Gasteiger partial charge in [-0.15, -0.1) is 11.3 Å². The molecule has 0 aliphatic rings. The van der Waals surface area contributed by atoms with Gasteiger partial charge in [-0.05, 0) is 49.3 Å². The van der Waals surface area contributed by atoms with Gasteiger partial charge in [0.15, 0.2) is 0 Å². The van der Waals surface area contributed by atoms with E-state index in [4.69, 9.17) is 24.5 Å². The summed E-state index contributed by atoms with van der Waals surface area (Å²) in [5.74, 6) is -3.21. The minimum atomic E-state index is -4.32. The fraction of sp³-hybridized carbons (Fsp3) is 0.294. The maximum absolute atomic E-state index is 12.5. The van der Waals surface area contributed by atoms with Crippen LogP contribution < -0.4 is 10.1 Å². The third-order valence-corrected chi connectivity index (χ3v) is 4.12. The van der Waals surface area contributed by atoms with E-state index < -0.39 is 23.7 Å². The number of aliphatic carboxylic acids is 2. The molecule has 0 aliphatic heterocycles. The summed E-state index contributed by atoms with van der Waals surface area (Å²) in [6.45, 7) is 0.767. The van der Waals surface area contributed by atoms with Crippen LogP contribution in [0.3, 0.4) is 0 Å². The average Bonchev–Trinajstić information content (AvgIpc) is 3.13. The zero-order valence-electron chi connectivity index (χ0n) is 14.2. The molecule has 3 N–H and O–H groups in total. The predicted molar refractivity (Wildman–Crippen MR) is 92.9 cm³/mol. The third-order valence-electron chi connectivity index (χ3n) is 3.16. The standard InChI is InChI=1S/C15H16F3NOS.C2H2O4/c1-19-9-8-13(14-3-2-10-21-14)20-12-6-4-11(5-7-12)15(16,17)18;3-1(4)2(5)6/h2-7,10,13,19H,8-9H2,1H3;(H,3,4)(H,5,6). The van der Waals surface area contributed by atoms with Gasteiger partial charge in [-0.25, -0.2) is 9.59 Å². The zero-order chi connectivity index (χ0) is 20.4. The fourth-order valence-corrected chi connectivity index (χ4v) is 2.69. The molecule has 2 rings (SSSR count). The minimum absolute atomic E-state index is 0.158. The highest BCUT2D eigenvalue weighted by Crippen LogP contribution is 2.32. The second-order valence-electron chi connectivity index (χ2n) is 5.15. The Bertz CT molecular complexity index is 705. The molecule has 0 fully saturated rings. The normalized spacial score (nSPS) is 11.9. The van der Waals surface area contributed by atoms with E-state index in [1.165, 1.54) is 12.1 Å². The molecule has 1 atom stereocenters. The van der Waals surface area contributed by atoms with Crippen LogP contribution in [-0.4, -0.2) is 35.7 Å². The van der Waals surface area contributed by atoms with Gasteiger partial charge in [0.25, 0.3) is 0 Å². The van der Waals surface area contributed by atoms with Gasteiger partial charge in [-0.1, -0.05) is 6.07 Å². The molecule has 2 aromatic rings. The van der Waals surface area contributed by atoms with E-state index in [2.05, 4.69) is 5.32 Å². The molecule has 27 heavy (non-hydrogen) atoms. The lowest BCUT2D eigenvalue weighted by Gasteiger charge is -2.18. The van der Waals surface area contributed by atoms with Crippen molar-refractivity contribution in [3.05, 3.63) is 52.2 Å². The topological polar surface area (TPSA) is 95.9 Å². The van der Waals surface area contributed by atoms with Gasteiger partial charge in [-0.2, -0.15) is 13.2 Å². The van der Waals surface area contributed by atoms with Crippen molar-refractivity contribution in [3.8, 4) is 5.75 Å². The smallest absolute Gasteiger partial charge is 0.416 e. The molecule has 0 bridgehead atoms. The van der Waals surface area contributed by atoms with Gasteiger partial charge >= 0.3 is 18.1 Å². The molecule has 0 saturated heterocycles. The first-order chi connectivity index (χ1) is 12.6. The van der Waals surface area contributed by atoms with Crippen molar-refractivity contribution >= 4 is 23.3 Å². The van der Waals surface area contributed by atoms with Crippen molar-refractivity contribution in [2.45, 2.75) is 18.7 Å². The summed E-state index contributed by atoms with van der Waals surface area (Å²) in [5.41, 5.74) is -0.669. The second-order valence-corrected chi connectivity index (χ2v) is 6.13. The Balaban J connectivity index is 0.000000527. The van der Waals surface area contributed by atoms with Crippen LogP contribution in [0.2, 0.25) is 0 Å². The fourth-order valence-electron chi connectivity index (χ4n) is 1.90. The lowest BCUT2D eigenvalue weighted by molar-refractivity contribution is -0.159. The van der Waals surface area contributed by atoms with Crippen molar-refractivity contribution in [2.75, 3.05) is 13.6 Å². The van der Waals surface area contributed by atoms with Crippen LogP contribution >= 0.6 is 11.3 Å². The Labute approximate surface area is 157 Å². The SMILES string of the molecule is CNCCC(Oc1ccc(C(F)(F)F)cc1)c1cccs1.O=C(O)C(=O)O. The van der Waals surface area contributed by atoms with E-state index in [1.807, 2.05) is 24.6 Å². The molecular weight excluding hydrogens is 387 g/mol. The molecule has 1 aromatic carbocycles. The Kier molecular flexibility index (Phi) is 8.76. The van der Waals surface area contributed by atoms with Crippen molar-refractivity contribution in [2.24, 2.45) is 0 Å². The summed E-state index contributed by atoms with van der Waals surface area (Å²) >= 11 is 1.58. The maximum Gasteiger partial charge on any atom is 0.416 e. The van der Waals surface area contributed by atoms with Crippen LogP contribution in [-0.2, 0) is 15.8 Å². The van der Waals surface area contributed by atoms with Gasteiger partial charge < -0.3 is 20.3 Å². The van der Waals surface area contributed by atoms with Crippen molar-refractivity contribution in [1.29, 1.82) is 0 Å². The van der Waals surface area contributed by atoms with Crippen LogP contribution in [0.15, 0.2) is 41.8 Å². The van der Waals surface area contributed by atoms with Crippen LogP contribution in [0.1, 0.15) is 23.0 Å². The Morgan fingerprint density at radius 3 is 2.15 bits per heavy atom. The lowest BCUT2D eigenvalue weighted by atomic mass is 10.2. The molecule has 1 aromatic heterocycles. The predicted octanol–water partition coefficient (Wildman–Crippen LogP) is 3.65. The third kappa shape index (κ3) is 8.09. The maximum atomic E-state index is 12.5. The number of carboxylic acids is 2. The first-order valence-corrected chi connectivity index (χ1v) is 8.51. The van der Waals surface area contributed by atoms with E-state index >= 15 is 0 Å². The summed E-state index contributed by atoms with van der Waals surface area (Å²) in [6, 6.07) is 8.71. The number of hydrogen-bond donors (Lipinski definition) is 3. The van der Waals surface area contributed by atoms with Gasteiger partial charge in [0.1, 0.15) is 11.9 Å². The number of benzene rings is 1. The first-order valence-electron chi connectivity index (χ1n) is 7.63.